The zero-order valence-electron chi connectivity index (χ0n) is 8.53. The molecule has 0 aliphatic carbocycles. The van der Waals surface area contributed by atoms with E-state index in [0.717, 1.165) is 17.1 Å². The molecule has 0 saturated heterocycles. The summed E-state index contributed by atoms with van der Waals surface area (Å²) in [5.41, 5.74) is 1.90. The number of rotatable bonds is 3. The molecular formula is C9H16N2O2. The van der Waals surface area contributed by atoms with E-state index < -0.39 is 0 Å². The Morgan fingerprint density at radius 1 is 1.62 bits per heavy atom. The summed E-state index contributed by atoms with van der Waals surface area (Å²) in [6.07, 6.45) is 0.222. The van der Waals surface area contributed by atoms with E-state index >= 15 is 0 Å². The number of aliphatic hydroxyl groups is 1. The van der Waals surface area contributed by atoms with E-state index in [-0.39, 0.29) is 6.10 Å². The molecular weight excluding hydrogens is 168 g/mol. The van der Waals surface area contributed by atoms with Crippen molar-refractivity contribution in [2.24, 2.45) is 7.05 Å². The summed E-state index contributed by atoms with van der Waals surface area (Å²) in [4.78, 5) is 0. The van der Waals surface area contributed by atoms with Gasteiger partial charge in [0, 0.05) is 19.0 Å². The van der Waals surface area contributed by atoms with Gasteiger partial charge in [0.05, 0.1) is 18.9 Å². The van der Waals surface area contributed by atoms with Crippen LogP contribution in [0.3, 0.4) is 0 Å². The summed E-state index contributed by atoms with van der Waals surface area (Å²) >= 11 is 0. The molecule has 1 heterocycles. The first-order valence-electron chi connectivity index (χ1n) is 4.30. The molecule has 0 aliphatic heterocycles. The van der Waals surface area contributed by atoms with Crippen LogP contribution in [0.1, 0.15) is 18.2 Å². The van der Waals surface area contributed by atoms with Crippen LogP contribution in [-0.4, -0.2) is 28.1 Å². The van der Waals surface area contributed by atoms with Gasteiger partial charge in [-0.3, -0.25) is 0 Å². The van der Waals surface area contributed by atoms with Gasteiger partial charge in [0.15, 0.2) is 0 Å². The lowest BCUT2D eigenvalue weighted by Crippen LogP contribution is -2.06. The molecule has 1 aromatic heterocycles. The van der Waals surface area contributed by atoms with E-state index in [9.17, 15) is 5.11 Å². The van der Waals surface area contributed by atoms with Crippen molar-refractivity contribution in [3.63, 3.8) is 0 Å². The summed E-state index contributed by atoms with van der Waals surface area (Å²) in [5, 5.41) is 13.5. The molecule has 0 aliphatic rings. The van der Waals surface area contributed by atoms with Crippen LogP contribution in [0.15, 0.2) is 0 Å². The summed E-state index contributed by atoms with van der Waals surface area (Å²) in [6, 6.07) is 0. The molecule has 0 spiro atoms. The minimum atomic E-state index is -0.364. The van der Waals surface area contributed by atoms with E-state index in [2.05, 4.69) is 5.10 Å². The highest BCUT2D eigenvalue weighted by Gasteiger charge is 2.14. The predicted octanol–water partition coefficient (Wildman–Crippen LogP) is 0.660. The Morgan fingerprint density at radius 3 is 2.69 bits per heavy atom. The maximum atomic E-state index is 9.27. The van der Waals surface area contributed by atoms with Crippen molar-refractivity contribution in [1.29, 1.82) is 0 Å². The normalized spacial score (nSPS) is 13.0. The number of ether oxygens (including phenoxy) is 1. The number of hydrogen-bond acceptors (Lipinski definition) is 3. The third-order valence-corrected chi connectivity index (χ3v) is 1.98. The molecule has 1 unspecified atom stereocenters. The second-order valence-corrected chi connectivity index (χ2v) is 3.25. The van der Waals surface area contributed by atoms with Crippen molar-refractivity contribution in [3.05, 3.63) is 11.3 Å². The quantitative estimate of drug-likeness (QED) is 0.750. The van der Waals surface area contributed by atoms with Crippen molar-refractivity contribution in [1.82, 2.24) is 9.78 Å². The fourth-order valence-corrected chi connectivity index (χ4v) is 1.47. The molecule has 4 nitrogen and oxygen atoms in total. The van der Waals surface area contributed by atoms with Crippen LogP contribution in [0, 0.1) is 6.92 Å². The lowest BCUT2D eigenvalue weighted by Gasteiger charge is -2.06. The summed E-state index contributed by atoms with van der Waals surface area (Å²) < 4.78 is 6.87. The highest BCUT2D eigenvalue weighted by molar-refractivity contribution is 5.31. The molecule has 0 radical (unpaired) electrons. The van der Waals surface area contributed by atoms with Crippen LogP contribution in [0.25, 0.3) is 0 Å². The molecule has 4 heteroatoms. The van der Waals surface area contributed by atoms with Crippen LogP contribution in [0.5, 0.6) is 5.88 Å². The monoisotopic (exact) mass is 184 g/mol. The van der Waals surface area contributed by atoms with Crippen molar-refractivity contribution < 1.29 is 9.84 Å². The van der Waals surface area contributed by atoms with Gasteiger partial charge >= 0.3 is 0 Å². The molecule has 0 bridgehead atoms. The molecule has 0 aromatic carbocycles. The first-order chi connectivity index (χ1) is 6.06. The highest BCUT2D eigenvalue weighted by Crippen LogP contribution is 2.22. The SMILES string of the molecule is COc1c(CC(C)O)c(C)nn1C. The molecule has 1 atom stereocenters. The number of aliphatic hydroxyl groups excluding tert-OH is 1. The Morgan fingerprint density at radius 2 is 2.23 bits per heavy atom. The lowest BCUT2D eigenvalue weighted by molar-refractivity contribution is 0.193. The highest BCUT2D eigenvalue weighted by atomic mass is 16.5. The number of hydrogen-bond donors (Lipinski definition) is 1. The first kappa shape index (κ1) is 10.1. The Labute approximate surface area is 78.1 Å². The predicted molar refractivity (Wildman–Crippen MR) is 49.9 cm³/mol. The average molecular weight is 184 g/mol. The third-order valence-electron chi connectivity index (χ3n) is 1.98. The number of aromatic nitrogens is 2. The molecule has 13 heavy (non-hydrogen) atoms. The van der Waals surface area contributed by atoms with Gasteiger partial charge in [0.25, 0.3) is 0 Å². The van der Waals surface area contributed by atoms with Crippen molar-refractivity contribution in [2.45, 2.75) is 26.4 Å². The second kappa shape index (κ2) is 3.79. The average Bonchev–Trinajstić information content (AvgIpc) is 2.26. The molecule has 0 saturated carbocycles. The maximum Gasteiger partial charge on any atom is 0.214 e. The molecule has 1 N–H and O–H groups in total. The van der Waals surface area contributed by atoms with Gasteiger partial charge in [-0.15, -0.1) is 0 Å². The lowest BCUT2D eigenvalue weighted by atomic mass is 10.1. The van der Waals surface area contributed by atoms with Crippen LogP contribution in [0.2, 0.25) is 0 Å². The first-order valence-corrected chi connectivity index (χ1v) is 4.30. The van der Waals surface area contributed by atoms with E-state index in [1.807, 2.05) is 14.0 Å². The van der Waals surface area contributed by atoms with Gasteiger partial charge < -0.3 is 9.84 Å². The third kappa shape index (κ3) is 2.01. The van der Waals surface area contributed by atoms with Crippen LogP contribution < -0.4 is 4.74 Å². The van der Waals surface area contributed by atoms with Gasteiger partial charge in [-0.1, -0.05) is 0 Å². The number of nitrogens with zero attached hydrogens (tertiary/aromatic N) is 2. The fraction of sp³-hybridized carbons (Fsp3) is 0.667. The zero-order chi connectivity index (χ0) is 10.0. The van der Waals surface area contributed by atoms with Gasteiger partial charge in [-0.05, 0) is 13.8 Å². The standard InChI is InChI=1S/C9H16N2O2/c1-6(12)5-8-7(2)10-11(3)9(8)13-4/h6,12H,5H2,1-4H3. The number of aryl methyl sites for hydroxylation is 2. The fourth-order valence-electron chi connectivity index (χ4n) is 1.47. The summed E-state index contributed by atoms with van der Waals surface area (Å²) in [6.45, 7) is 3.67. The van der Waals surface area contributed by atoms with Crippen LogP contribution >= 0.6 is 0 Å². The number of methoxy groups -OCH3 is 1. The van der Waals surface area contributed by atoms with Crippen molar-refractivity contribution >= 4 is 0 Å². The van der Waals surface area contributed by atoms with Gasteiger partial charge in [-0.25, -0.2) is 4.68 Å². The van der Waals surface area contributed by atoms with Gasteiger partial charge in [0.2, 0.25) is 5.88 Å². The topological polar surface area (TPSA) is 47.3 Å². The molecule has 0 fully saturated rings. The minimum absolute atomic E-state index is 0.364. The smallest absolute Gasteiger partial charge is 0.214 e. The Balaban J connectivity index is 3.02. The minimum Gasteiger partial charge on any atom is -0.481 e. The van der Waals surface area contributed by atoms with E-state index in [0.29, 0.717) is 6.42 Å². The molecule has 1 rings (SSSR count). The summed E-state index contributed by atoms with van der Waals surface area (Å²) in [5.74, 6) is 0.735. The largest absolute Gasteiger partial charge is 0.481 e. The van der Waals surface area contributed by atoms with Crippen molar-refractivity contribution in [3.8, 4) is 5.88 Å². The molecule has 1 aromatic rings. The summed E-state index contributed by atoms with van der Waals surface area (Å²) in [7, 11) is 3.44. The van der Waals surface area contributed by atoms with E-state index in [4.69, 9.17) is 4.74 Å². The molecule has 0 amide bonds. The van der Waals surface area contributed by atoms with Crippen LogP contribution in [-0.2, 0) is 13.5 Å². The Bertz CT molecular complexity index is 292. The van der Waals surface area contributed by atoms with E-state index in [1.165, 1.54) is 0 Å². The maximum absolute atomic E-state index is 9.27. The van der Waals surface area contributed by atoms with E-state index in [1.54, 1.807) is 18.7 Å². The Hall–Kier alpha value is -1.03. The van der Waals surface area contributed by atoms with Crippen LogP contribution in [0.4, 0.5) is 0 Å². The van der Waals surface area contributed by atoms with Gasteiger partial charge in [-0.2, -0.15) is 5.10 Å². The second-order valence-electron chi connectivity index (χ2n) is 3.25. The Kier molecular flexibility index (Phi) is 2.93. The van der Waals surface area contributed by atoms with Crippen molar-refractivity contribution in [2.75, 3.05) is 7.11 Å². The zero-order valence-corrected chi connectivity index (χ0v) is 8.53. The van der Waals surface area contributed by atoms with Gasteiger partial charge in [0.1, 0.15) is 0 Å². The molecule has 74 valence electrons.